The molecule has 1 heterocycles. The minimum absolute atomic E-state index is 0.365. The summed E-state index contributed by atoms with van der Waals surface area (Å²) in [6, 6.07) is 3.90. The molecule has 0 spiro atoms. The molecule has 3 heteroatoms. The van der Waals surface area contributed by atoms with E-state index in [0.29, 0.717) is 13.0 Å². The van der Waals surface area contributed by atoms with Gasteiger partial charge in [0, 0.05) is 16.5 Å². The summed E-state index contributed by atoms with van der Waals surface area (Å²) in [4.78, 5) is 0. The van der Waals surface area contributed by atoms with Crippen LogP contribution in [0.3, 0.4) is 0 Å². The van der Waals surface area contributed by atoms with Gasteiger partial charge in [-0.25, -0.2) is 0 Å². The van der Waals surface area contributed by atoms with Crippen LogP contribution < -0.4 is 4.74 Å². The number of aliphatic hydroxyl groups is 1. The lowest BCUT2D eigenvalue weighted by molar-refractivity contribution is 0.115. The summed E-state index contributed by atoms with van der Waals surface area (Å²) >= 11 is 3.43. The number of aliphatic hydroxyl groups excluding tert-OH is 1. The van der Waals surface area contributed by atoms with Gasteiger partial charge in [-0.2, -0.15) is 0 Å². The van der Waals surface area contributed by atoms with Crippen LogP contribution in [0.25, 0.3) is 0 Å². The highest BCUT2D eigenvalue weighted by Gasteiger charge is 2.19. The average Bonchev–Trinajstić information content (AvgIpc) is 2.09. The van der Waals surface area contributed by atoms with Crippen LogP contribution in [0.2, 0.25) is 0 Å². The first-order chi connectivity index (χ1) is 6.18. The van der Waals surface area contributed by atoms with Gasteiger partial charge in [-0.3, -0.25) is 0 Å². The molecule has 0 bridgehead atoms. The molecule has 0 aromatic heterocycles. The molecule has 1 aromatic carbocycles. The Kier molecular flexibility index (Phi) is 2.30. The fourth-order valence-corrected chi connectivity index (χ4v) is 1.83. The Morgan fingerprint density at radius 2 is 2.31 bits per heavy atom. The fourth-order valence-electron chi connectivity index (χ4n) is 1.51. The van der Waals surface area contributed by atoms with E-state index < -0.39 is 0 Å². The van der Waals surface area contributed by atoms with Crippen LogP contribution in [-0.2, 0) is 0 Å². The first-order valence-corrected chi connectivity index (χ1v) is 5.08. The van der Waals surface area contributed by atoms with Crippen LogP contribution in [0.15, 0.2) is 16.6 Å². The molecule has 13 heavy (non-hydrogen) atoms. The summed E-state index contributed by atoms with van der Waals surface area (Å²) in [7, 11) is 0. The maximum atomic E-state index is 9.68. The molecular formula is C10H11BrO2. The average molecular weight is 243 g/mol. The molecule has 2 rings (SSSR count). The van der Waals surface area contributed by atoms with Crippen LogP contribution in [0, 0.1) is 6.92 Å². The largest absolute Gasteiger partial charge is 0.493 e. The first kappa shape index (κ1) is 9.03. The van der Waals surface area contributed by atoms with Gasteiger partial charge in [0.25, 0.3) is 0 Å². The number of benzene rings is 1. The smallest absolute Gasteiger partial charge is 0.126 e. The topological polar surface area (TPSA) is 29.5 Å². The van der Waals surface area contributed by atoms with Crippen molar-refractivity contribution in [2.75, 3.05) is 6.61 Å². The minimum Gasteiger partial charge on any atom is -0.493 e. The molecule has 1 N–H and O–H groups in total. The van der Waals surface area contributed by atoms with E-state index in [-0.39, 0.29) is 6.10 Å². The lowest BCUT2D eigenvalue weighted by Crippen LogP contribution is -2.13. The lowest BCUT2D eigenvalue weighted by atomic mass is 10.0. The van der Waals surface area contributed by atoms with Crippen molar-refractivity contribution in [3.63, 3.8) is 0 Å². The zero-order chi connectivity index (χ0) is 9.42. The zero-order valence-corrected chi connectivity index (χ0v) is 8.97. The third-order valence-corrected chi connectivity index (χ3v) is 3.15. The number of halogens is 1. The predicted octanol–water partition coefficient (Wildman–Crippen LogP) is 2.57. The lowest BCUT2D eigenvalue weighted by Gasteiger charge is -2.22. The Morgan fingerprint density at radius 1 is 1.54 bits per heavy atom. The Hall–Kier alpha value is -0.540. The molecule has 1 atom stereocenters. The van der Waals surface area contributed by atoms with E-state index >= 15 is 0 Å². The first-order valence-electron chi connectivity index (χ1n) is 4.29. The molecule has 2 nitrogen and oxygen atoms in total. The molecule has 70 valence electrons. The maximum absolute atomic E-state index is 9.68. The van der Waals surface area contributed by atoms with Crippen molar-refractivity contribution in [2.24, 2.45) is 0 Å². The number of aryl methyl sites for hydroxylation is 1. The summed E-state index contributed by atoms with van der Waals surface area (Å²) in [5.41, 5.74) is 2.04. The van der Waals surface area contributed by atoms with Gasteiger partial charge in [0.05, 0.1) is 12.7 Å². The van der Waals surface area contributed by atoms with Crippen LogP contribution in [-0.4, -0.2) is 11.7 Å². The van der Waals surface area contributed by atoms with E-state index in [1.807, 2.05) is 19.1 Å². The van der Waals surface area contributed by atoms with E-state index in [9.17, 15) is 5.11 Å². The quantitative estimate of drug-likeness (QED) is 0.758. The second-order valence-electron chi connectivity index (χ2n) is 3.29. The Morgan fingerprint density at radius 3 is 3.08 bits per heavy atom. The molecule has 0 saturated heterocycles. The molecule has 0 aliphatic carbocycles. The van der Waals surface area contributed by atoms with Gasteiger partial charge >= 0.3 is 0 Å². The van der Waals surface area contributed by atoms with Gasteiger partial charge in [0.1, 0.15) is 5.75 Å². The van der Waals surface area contributed by atoms with Crippen LogP contribution in [0.5, 0.6) is 5.75 Å². The zero-order valence-electron chi connectivity index (χ0n) is 7.38. The molecule has 1 aromatic rings. The molecule has 0 fully saturated rings. The highest BCUT2D eigenvalue weighted by molar-refractivity contribution is 9.10. The van der Waals surface area contributed by atoms with Crippen LogP contribution >= 0.6 is 15.9 Å². The van der Waals surface area contributed by atoms with E-state index in [4.69, 9.17) is 4.74 Å². The normalized spacial score (nSPS) is 20.7. The molecule has 0 amide bonds. The second-order valence-corrected chi connectivity index (χ2v) is 4.15. The molecule has 1 aliphatic rings. The molecule has 0 radical (unpaired) electrons. The maximum Gasteiger partial charge on any atom is 0.126 e. The predicted molar refractivity (Wildman–Crippen MR) is 54.0 cm³/mol. The summed E-state index contributed by atoms with van der Waals surface area (Å²) < 4.78 is 6.47. The van der Waals surface area contributed by atoms with Gasteiger partial charge in [0.2, 0.25) is 0 Å². The second kappa shape index (κ2) is 3.31. The van der Waals surface area contributed by atoms with Crippen molar-refractivity contribution in [1.82, 2.24) is 0 Å². The number of ether oxygens (including phenoxy) is 1. The third kappa shape index (κ3) is 1.58. The van der Waals surface area contributed by atoms with E-state index in [2.05, 4.69) is 15.9 Å². The van der Waals surface area contributed by atoms with E-state index in [1.54, 1.807) is 0 Å². The Balaban J connectivity index is 2.52. The monoisotopic (exact) mass is 242 g/mol. The van der Waals surface area contributed by atoms with Crippen molar-refractivity contribution in [3.05, 3.63) is 27.7 Å². The molecule has 1 aliphatic heterocycles. The Bertz CT molecular complexity index is 336. The number of fused-ring (bicyclic) bond motifs is 1. The van der Waals surface area contributed by atoms with Gasteiger partial charge in [-0.15, -0.1) is 0 Å². The van der Waals surface area contributed by atoms with Gasteiger partial charge in [-0.1, -0.05) is 15.9 Å². The summed E-state index contributed by atoms with van der Waals surface area (Å²) in [6.45, 7) is 2.61. The summed E-state index contributed by atoms with van der Waals surface area (Å²) in [5, 5.41) is 9.68. The highest BCUT2D eigenvalue weighted by Crippen LogP contribution is 2.35. The van der Waals surface area contributed by atoms with Crippen molar-refractivity contribution in [1.29, 1.82) is 0 Å². The highest BCUT2D eigenvalue weighted by atomic mass is 79.9. The van der Waals surface area contributed by atoms with Crippen molar-refractivity contribution in [3.8, 4) is 5.75 Å². The number of rotatable bonds is 0. The van der Waals surface area contributed by atoms with Crippen LogP contribution in [0.4, 0.5) is 0 Å². The summed E-state index contributed by atoms with van der Waals surface area (Å²) in [6.07, 6.45) is 0.323. The van der Waals surface area contributed by atoms with E-state index in [0.717, 1.165) is 21.3 Å². The van der Waals surface area contributed by atoms with Gasteiger partial charge < -0.3 is 9.84 Å². The number of hydrogen-bond acceptors (Lipinski definition) is 2. The Labute approximate surface area is 85.7 Å². The fraction of sp³-hybridized carbons (Fsp3) is 0.400. The SMILES string of the molecule is Cc1cc2c(cc1Br)OCCC2O. The van der Waals surface area contributed by atoms with Gasteiger partial charge in [0.15, 0.2) is 0 Å². The van der Waals surface area contributed by atoms with Crippen molar-refractivity contribution in [2.45, 2.75) is 19.4 Å². The third-order valence-electron chi connectivity index (χ3n) is 2.30. The van der Waals surface area contributed by atoms with Gasteiger partial charge in [-0.05, 0) is 24.6 Å². The molecule has 1 unspecified atom stereocenters. The molecular weight excluding hydrogens is 232 g/mol. The van der Waals surface area contributed by atoms with Crippen LogP contribution in [0.1, 0.15) is 23.7 Å². The van der Waals surface area contributed by atoms with E-state index in [1.165, 1.54) is 0 Å². The van der Waals surface area contributed by atoms with Crippen molar-refractivity contribution >= 4 is 15.9 Å². The summed E-state index contributed by atoms with van der Waals surface area (Å²) in [5.74, 6) is 0.802. The standard InChI is InChI=1S/C10H11BrO2/c1-6-4-7-9(12)2-3-13-10(7)5-8(6)11/h4-5,9,12H,2-3H2,1H3. The number of hydrogen-bond donors (Lipinski definition) is 1. The van der Waals surface area contributed by atoms with Crippen molar-refractivity contribution < 1.29 is 9.84 Å². The minimum atomic E-state index is -0.365. The molecule has 0 saturated carbocycles.